The van der Waals surface area contributed by atoms with Crippen molar-refractivity contribution in [3.63, 3.8) is 0 Å². The Bertz CT molecular complexity index is 341. The third kappa shape index (κ3) is 3.64. The number of amides is 1. The van der Waals surface area contributed by atoms with Gasteiger partial charge in [0.25, 0.3) is 0 Å². The molecule has 0 heterocycles. The Morgan fingerprint density at radius 1 is 1.53 bits per heavy atom. The van der Waals surface area contributed by atoms with E-state index >= 15 is 0 Å². The minimum atomic E-state index is -0.132. The van der Waals surface area contributed by atoms with Crippen molar-refractivity contribution in [1.29, 1.82) is 0 Å². The van der Waals surface area contributed by atoms with Crippen LogP contribution >= 0.6 is 15.9 Å². The molecule has 0 aliphatic rings. The van der Waals surface area contributed by atoms with E-state index < -0.39 is 0 Å². The second kappa shape index (κ2) is 5.88. The smallest absolute Gasteiger partial charge is 0.224 e. The first-order valence-corrected chi connectivity index (χ1v) is 5.65. The molecule has 15 heavy (non-hydrogen) atoms. The maximum Gasteiger partial charge on any atom is 0.224 e. The first-order chi connectivity index (χ1) is 7.15. The number of halogens is 1. The van der Waals surface area contributed by atoms with Crippen LogP contribution in [0, 0.1) is 5.92 Å². The van der Waals surface area contributed by atoms with Gasteiger partial charge in [-0.2, -0.15) is 0 Å². The third-order valence-corrected chi connectivity index (χ3v) is 2.99. The summed E-state index contributed by atoms with van der Waals surface area (Å²) in [5, 5.41) is 2.84. The Kier molecular flexibility index (Phi) is 4.78. The fourth-order valence-corrected chi connectivity index (χ4v) is 1.53. The molecule has 0 aliphatic heterocycles. The molecule has 1 aromatic carbocycles. The Balaban J connectivity index is 2.51. The van der Waals surface area contributed by atoms with Crippen LogP contribution in [0.3, 0.4) is 0 Å². The number of rotatable bonds is 4. The topological polar surface area (TPSA) is 55.1 Å². The van der Waals surface area contributed by atoms with E-state index in [1.807, 2.05) is 31.2 Å². The van der Waals surface area contributed by atoms with E-state index in [1.165, 1.54) is 0 Å². The SMILES string of the molecule is CC(CN)C(=O)NCc1ccccc1Br. The number of hydrogen-bond donors (Lipinski definition) is 2. The van der Waals surface area contributed by atoms with Gasteiger partial charge in [0.05, 0.1) is 0 Å². The zero-order chi connectivity index (χ0) is 11.3. The molecule has 0 saturated carbocycles. The van der Waals surface area contributed by atoms with Gasteiger partial charge in [-0.1, -0.05) is 41.1 Å². The number of nitrogens with one attached hydrogen (secondary N) is 1. The zero-order valence-corrected chi connectivity index (χ0v) is 10.3. The van der Waals surface area contributed by atoms with E-state index in [-0.39, 0.29) is 11.8 Å². The van der Waals surface area contributed by atoms with Crippen LogP contribution in [-0.2, 0) is 11.3 Å². The molecular formula is C11H15BrN2O. The fourth-order valence-electron chi connectivity index (χ4n) is 1.11. The van der Waals surface area contributed by atoms with E-state index in [1.54, 1.807) is 0 Å². The molecule has 82 valence electrons. The summed E-state index contributed by atoms with van der Waals surface area (Å²) < 4.78 is 1.01. The highest BCUT2D eigenvalue weighted by Gasteiger charge is 2.10. The third-order valence-electron chi connectivity index (χ3n) is 2.21. The summed E-state index contributed by atoms with van der Waals surface area (Å²) in [6, 6.07) is 7.81. The molecule has 0 aromatic heterocycles. The second-order valence-electron chi connectivity index (χ2n) is 3.45. The summed E-state index contributed by atoms with van der Waals surface area (Å²) in [5.41, 5.74) is 6.47. The minimum Gasteiger partial charge on any atom is -0.352 e. The number of carbonyl (C=O) groups is 1. The predicted molar refractivity (Wildman–Crippen MR) is 64.2 cm³/mol. The summed E-state index contributed by atoms with van der Waals surface area (Å²) in [7, 11) is 0. The highest BCUT2D eigenvalue weighted by molar-refractivity contribution is 9.10. The number of benzene rings is 1. The summed E-state index contributed by atoms with van der Waals surface area (Å²) in [6.07, 6.45) is 0. The van der Waals surface area contributed by atoms with Crippen LogP contribution in [-0.4, -0.2) is 12.5 Å². The normalized spacial score (nSPS) is 12.2. The summed E-state index contributed by atoms with van der Waals surface area (Å²) in [5.74, 6) is -0.138. The van der Waals surface area contributed by atoms with Gasteiger partial charge in [-0.05, 0) is 11.6 Å². The van der Waals surface area contributed by atoms with Crippen LogP contribution in [0.15, 0.2) is 28.7 Å². The largest absolute Gasteiger partial charge is 0.352 e. The van der Waals surface area contributed by atoms with Crippen molar-refractivity contribution in [1.82, 2.24) is 5.32 Å². The van der Waals surface area contributed by atoms with E-state index in [4.69, 9.17) is 5.73 Å². The molecule has 1 atom stereocenters. The van der Waals surface area contributed by atoms with Crippen LogP contribution in [0.4, 0.5) is 0 Å². The molecule has 1 unspecified atom stereocenters. The molecule has 0 spiro atoms. The quantitative estimate of drug-likeness (QED) is 0.875. The van der Waals surface area contributed by atoms with Gasteiger partial charge in [0.15, 0.2) is 0 Å². The van der Waals surface area contributed by atoms with E-state index in [2.05, 4.69) is 21.2 Å². The van der Waals surface area contributed by atoms with Crippen LogP contribution < -0.4 is 11.1 Å². The van der Waals surface area contributed by atoms with Crippen LogP contribution in [0.25, 0.3) is 0 Å². The number of nitrogens with two attached hydrogens (primary N) is 1. The summed E-state index contributed by atoms with van der Waals surface area (Å²) in [6.45, 7) is 2.72. The van der Waals surface area contributed by atoms with E-state index in [0.29, 0.717) is 13.1 Å². The van der Waals surface area contributed by atoms with Gasteiger partial charge in [0.2, 0.25) is 5.91 Å². The van der Waals surface area contributed by atoms with Crippen LogP contribution in [0.2, 0.25) is 0 Å². The molecule has 3 N–H and O–H groups in total. The first kappa shape index (κ1) is 12.2. The van der Waals surface area contributed by atoms with Crippen LogP contribution in [0.1, 0.15) is 12.5 Å². The van der Waals surface area contributed by atoms with Crippen molar-refractivity contribution >= 4 is 21.8 Å². The lowest BCUT2D eigenvalue weighted by molar-refractivity contribution is -0.124. The molecule has 4 heteroatoms. The van der Waals surface area contributed by atoms with Crippen molar-refractivity contribution in [3.05, 3.63) is 34.3 Å². The maximum atomic E-state index is 11.5. The van der Waals surface area contributed by atoms with Gasteiger partial charge < -0.3 is 11.1 Å². The molecule has 0 saturated heterocycles. The molecule has 1 rings (SSSR count). The molecule has 0 fully saturated rings. The average Bonchev–Trinajstić information content (AvgIpc) is 2.26. The highest BCUT2D eigenvalue weighted by atomic mass is 79.9. The standard InChI is InChI=1S/C11H15BrN2O/c1-8(6-13)11(15)14-7-9-4-2-3-5-10(9)12/h2-5,8H,6-7,13H2,1H3,(H,14,15). The fraction of sp³-hybridized carbons (Fsp3) is 0.364. The Morgan fingerprint density at radius 2 is 2.20 bits per heavy atom. The molecule has 0 bridgehead atoms. The predicted octanol–water partition coefficient (Wildman–Crippen LogP) is 1.66. The van der Waals surface area contributed by atoms with Crippen molar-refractivity contribution in [2.24, 2.45) is 11.7 Å². The molecule has 3 nitrogen and oxygen atoms in total. The van der Waals surface area contributed by atoms with Gasteiger partial charge in [-0.3, -0.25) is 4.79 Å². The van der Waals surface area contributed by atoms with Crippen molar-refractivity contribution in [3.8, 4) is 0 Å². The van der Waals surface area contributed by atoms with Gasteiger partial charge in [-0.15, -0.1) is 0 Å². The average molecular weight is 271 g/mol. The van der Waals surface area contributed by atoms with Gasteiger partial charge in [0, 0.05) is 23.5 Å². The highest BCUT2D eigenvalue weighted by Crippen LogP contribution is 2.15. The Labute approximate surface area is 98.2 Å². The lowest BCUT2D eigenvalue weighted by Gasteiger charge is -2.10. The Hall–Kier alpha value is -0.870. The van der Waals surface area contributed by atoms with Crippen LogP contribution in [0.5, 0.6) is 0 Å². The maximum absolute atomic E-state index is 11.5. The van der Waals surface area contributed by atoms with E-state index in [0.717, 1.165) is 10.0 Å². The summed E-state index contributed by atoms with van der Waals surface area (Å²) >= 11 is 3.42. The van der Waals surface area contributed by atoms with Crippen molar-refractivity contribution in [2.75, 3.05) is 6.54 Å². The molecular weight excluding hydrogens is 256 g/mol. The molecule has 0 radical (unpaired) electrons. The molecule has 1 amide bonds. The lowest BCUT2D eigenvalue weighted by atomic mass is 10.1. The lowest BCUT2D eigenvalue weighted by Crippen LogP contribution is -2.32. The monoisotopic (exact) mass is 270 g/mol. The minimum absolute atomic E-state index is 0.00625. The second-order valence-corrected chi connectivity index (χ2v) is 4.30. The number of hydrogen-bond acceptors (Lipinski definition) is 2. The molecule has 1 aromatic rings. The first-order valence-electron chi connectivity index (χ1n) is 4.86. The van der Waals surface area contributed by atoms with E-state index in [9.17, 15) is 4.79 Å². The van der Waals surface area contributed by atoms with Gasteiger partial charge in [0.1, 0.15) is 0 Å². The van der Waals surface area contributed by atoms with Gasteiger partial charge in [-0.25, -0.2) is 0 Å². The van der Waals surface area contributed by atoms with Crippen molar-refractivity contribution in [2.45, 2.75) is 13.5 Å². The Morgan fingerprint density at radius 3 is 2.80 bits per heavy atom. The van der Waals surface area contributed by atoms with Crippen molar-refractivity contribution < 1.29 is 4.79 Å². The summed E-state index contributed by atoms with van der Waals surface area (Å²) in [4.78, 5) is 11.5. The number of carbonyl (C=O) groups excluding carboxylic acids is 1. The zero-order valence-electron chi connectivity index (χ0n) is 8.66. The molecule has 0 aliphatic carbocycles. The van der Waals surface area contributed by atoms with Gasteiger partial charge >= 0.3 is 0 Å².